The molecule has 0 saturated carbocycles. The average Bonchev–Trinajstić information content (AvgIpc) is 3.03. The lowest BCUT2D eigenvalue weighted by molar-refractivity contribution is -0.121. The third kappa shape index (κ3) is 5.68. The highest BCUT2D eigenvalue weighted by molar-refractivity contribution is 5.76. The van der Waals surface area contributed by atoms with E-state index in [1.165, 1.54) is 17.7 Å². The number of hydrogen-bond donors (Lipinski definition) is 1. The van der Waals surface area contributed by atoms with Gasteiger partial charge in [0.1, 0.15) is 0 Å². The molecule has 1 amide bonds. The summed E-state index contributed by atoms with van der Waals surface area (Å²) in [5.41, 5.74) is 2.40. The predicted molar refractivity (Wildman–Crippen MR) is 90.3 cm³/mol. The molecule has 1 fully saturated rings. The summed E-state index contributed by atoms with van der Waals surface area (Å²) < 4.78 is 5.36. The lowest BCUT2D eigenvalue weighted by Crippen LogP contribution is -2.25. The molecule has 0 aliphatic carbocycles. The molecule has 1 saturated heterocycles. The molecule has 4 heteroatoms. The van der Waals surface area contributed by atoms with Crippen LogP contribution in [-0.4, -0.2) is 39.8 Å². The van der Waals surface area contributed by atoms with Crippen molar-refractivity contribution in [2.75, 3.05) is 38.8 Å². The van der Waals surface area contributed by atoms with Gasteiger partial charge in [-0.25, -0.2) is 0 Å². The van der Waals surface area contributed by atoms with Crippen LogP contribution in [0, 0.1) is 5.92 Å². The standard InChI is InChI=1S/C18H28N2O2/c1-20(2)17-8-5-15(6-9-17)7-10-18(21)19-12-3-4-16-11-13-22-14-16/h5-6,8-9,16H,3-4,7,10-14H2,1-2H3,(H,19,21). The Balaban J connectivity index is 1.58. The Bertz CT molecular complexity index is 451. The second kappa shape index (κ2) is 8.79. The topological polar surface area (TPSA) is 41.6 Å². The molecule has 1 aliphatic heterocycles. The van der Waals surface area contributed by atoms with Crippen LogP contribution in [0.5, 0.6) is 0 Å². The number of anilines is 1. The normalized spacial score (nSPS) is 17.5. The quantitative estimate of drug-likeness (QED) is 0.751. The minimum atomic E-state index is 0.152. The van der Waals surface area contributed by atoms with E-state index in [1.54, 1.807) is 0 Å². The number of nitrogens with zero attached hydrogens (tertiary/aromatic N) is 1. The summed E-state index contributed by atoms with van der Waals surface area (Å²) in [5.74, 6) is 0.853. The van der Waals surface area contributed by atoms with Gasteiger partial charge in [0.05, 0.1) is 0 Å². The lowest BCUT2D eigenvalue weighted by Gasteiger charge is -2.12. The number of amides is 1. The van der Waals surface area contributed by atoms with Crippen molar-refractivity contribution < 1.29 is 9.53 Å². The van der Waals surface area contributed by atoms with Crippen molar-refractivity contribution in [2.45, 2.75) is 32.1 Å². The van der Waals surface area contributed by atoms with Crippen LogP contribution < -0.4 is 10.2 Å². The fourth-order valence-corrected chi connectivity index (χ4v) is 2.74. The highest BCUT2D eigenvalue weighted by atomic mass is 16.5. The van der Waals surface area contributed by atoms with Gasteiger partial charge in [-0.2, -0.15) is 0 Å². The Labute approximate surface area is 133 Å². The number of carbonyl (C=O) groups excluding carboxylic acids is 1. The van der Waals surface area contributed by atoms with E-state index in [0.717, 1.165) is 39.0 Å². The van der Waals surface area contributed by atoms with Crippen LogP contribution in [-0.2, 0) is 16.0 Å². The van der Waals surface area contributed by atoms with E-state index in [4.69, 9.17) is 4.74 Å². The summed E-state index contributed by atoms with van der Waals surface area (Å²) >= 11 is 0. The third-order valence-corrected chi connectivity index (χ3v) is 4.23. The molecular weight excluding hydrogens is 276 g/mol. The second-order valence-corrected chi connectivity index (χ2v) is 6.28. The van der Waals surface area contributed by atoms with E-state index < -0.39 is 0 Å². The lowest BCUT2D eigenvalue weighted by atomic mass is 10.0. The van der Waals surface area contributed by atoms with Gasteiger partial charge in [0, 0.05) is 46.0 Å². The summed E-state index contributed by atoms with van der Waals surface area (Å²) in [6.07, 6.45) is 4.75. The molecule has 22 heavy (non-hydrogen) atoms. The van der Waals surface area contributed by atoms with Crippen molar-refractivity contribution in [3.8, 4) is 0 Å². The number of ether oxygens (including phenoxy) is 1. The molecule has 0 aromatic heterocycles. The van der Waals surface area contributed by atoms with E-state index in [9.17, 15) is 4.79 Å². The molecule has 1 aromatic rings. The minimum absolute atomic E-state index is 0.152. The zero-order valence-corrected chi connectivity index (χ0v) is 13.8. The van der Waals surface area contributed by atoms with Gasteiger partial charge in [0.2, 0.25) is 5.91 Å². The maximum absolute atomic E-state index is 11.8. The zero-order valence-electron chi connectivity index (χ0n) is 13.8. The summed E-state index contributed by atoms with van der Waals surface area (Å²) in [6.45, 7) is 2.59. The Morgan fingerprint density at radius 2 is 2.09 bits per heavy atom. The summed E-state index contributed by atoms with van der Waals surface area (Å²) in [5, 5.41) is 3.02. The van der Waals surface area contributed by atoms with Crippen LogP contribution in [0.4, 0.5) is 5.69 Å². The molecule has 1 atom stereocenters. The highest BCUT2D eigenvalue weighted by Crippen LogP contribution is 2.17. The van der Waals surface area contributed by atoms with Crippen molar-refractivity contribution in [2.24, 2.45) is 5.92 Å². The fourth-order valence-electron chi connectivity index (χ4n) is 2.74. The number of aryl methyl sites for hydroxylation is 1. The van der Waals surface area contributed by atoms with E-state index in [1.807, 2.05) is 14.1 Å². The molecule has 1 N–H and O–H groups in total. The molecule has 1 aliphatic rings. The average molecular weight is 304 g/mol. The van der Waals surface area contributed by atoms with Gasteiger partial charge in [-0.05, 0) is 49.3 Å². The molecule has 1 heterocycles. The highest BCUT2D eigenvalue weighted by Gasteiger charge is 2.14. The molecule has 1 aromatic carbocycles. The SMILES string of the molecule is CN(C)c1ccc(CCC(=O)NCCCC2CCOC2)cc1. The number of nitrogens with one attached hydrogen (secondary N) is 1. The maximum Gasteiger partial charge on any atom is 0.220 e. The summed E-state index contributed by atoms with van der Waals surface area (Å²) in [4.78, 5) is 13.9. The van der Waals surface area contributed by atoms with Gasteiger partial charge in [-0.15, -0.1) is 0 Å². The van der Waals surface area contributed by atoms with Crippen molar-refractivity contribution in [3.05, 3.63) is 29.8 Å². The smallest absolute Gasteiger partial charge is 0.220 e. The van der Waals surface area contributed by atoms with Gasteiger partial charge < -0.3 is 15.0 Å². The first-order chi connectivity index (χ1) is 10.6. The Kier molecular flexibility index (Phi) is 6.72. The van der Waals surface area contributed by atoms with Crippen LogP contribution in [0.15, 0.2) is 24.3 Å². The summed E-state index contributed by atoms with van der Waals surface area (Å²) in [7, 11) is 4.06. The third-order valence-electron chi connectivity index (χ3n) is 4.23. The number of benzene rings is 1. The van der Waals surface area contributed by atoms with Crippen molar-refractivity contribution >= 4 is 11.6 Å². The van der Waals surface area contributed by atoms with E-state index >= 15 is 0 Å². The van der Waals surface area contributed by atoms with Gasteiger partial charge in [-0.1, -0.05) is 12.1 Å². The molecule has 0 radical (unpaired) electrons. The molecular formula is C18H28N2O2. The molecule has 0 spiro atoms. The van der Waals surface area contributed by atoms with Crippen LogP contribution in [0.3, 0.4) is 0 Å². The van der Waals surface area contributed by atoms with Gasteiger partial charge in [-0.3, -0.25) is 4.79 Å². The molecule has 122 valence electrons. The van der Waals surface area contributed by atoms with Crippen LogP contribution in [0.1, 0.15) is 31.2 Å². The van der Waals surface area contributed by atoms with Crippen LogP contribution in [0.25, 0.3) is 0 Å². The number of rotatable bonds is 8. The van der Waals surface area contributed by atoms with Crippen molar-refractivity contribution in [3.63, 3.8) is 0 Å². The first kappa shape index (κ1) is 16.8. The number of carbonyl (C=O) groups is 1. The zero-order chi connectivity index (χ0) is 15.8. The monoisotopic (exact) mass is 304 g/mol. The van der Waals surface area contributed by atoms with E-state index in [2.05, 4.69) is 34.5 Å². The predicted octanol–water partition coefficient (Wildman–Crippen LogP) is 2.62. The first-order valence-electron chi connectivity index (χ1n) is 8.26. The largest absolute Gasteiger partial charge is 0.381 e. The minimum Gasteiger partial charge on any atom is -0.381 e. The van der Waals surface area contributed by atoms with E-state index in [-0.39, 0.29) is 5.91 Å². The van der Waals surface area contributed by atoms with Crippen LogP contribution >= 0.6 is 0 Å². The van der Waals surface area contributed by atoms with Crippen LogP contribution in [0.2, 0.25) is 0 Å². The molecule has 0 bridgehead atoms. The second-order valence-electron chi connectivity index (χ2n) is 6.28. The van der Waals surface area contributed by atoms with Gasteiger partial charge in [0.15, 0.2) is 0 Å². The Morgan fingerprint density at radius 3 is 2.73 bits per heavy atom. The first-order valence-corrected chi connectivity index (χ1v) is 8.26. The van der Waals surface area contributed by atoms with Gasteiger partial charge >= 0.3 is 0 Å². The van der Waals surface area contributed by atoms with E-state index in [0.29, 0.717) is 12.3 Å². The fraction of sp³-hybridized carbons (Fsp3) is 0.611. The Hall–Kier alpha value is -1.55. The summed E-state index contributed by atoms with van der Waals surface area (Å²) in [6, 6.07) is 8.39. The Morgan fingerprint density at radius 1 is 1.32 bits per heavy atom. The molecule has 1 unspecified atom stereocenters. The number of hydrogen-bond acceptors (Lipinski definition) is 3. The molecule has 2 rings (SSSR count). The van der Waals surface area contributed by atoms with Crippen molar-refractivity contribution in [1.82, 2.24) is 5.32 Å². The van der Waals surface area contributed by atoms with Crippen molar-refractivity contribution in [1.29, 1.82) is 0 Å². The van der Waals surface area contributed by atoms with Gasteiger partial charge in [0.25, 0.3) is 0 Å². The maximum atomic E-state index is 11.8. The molecule has 4 nitrogen and oxygen atoms in total.